The summed E-state index contributed by atoms with van der Waals surface area (Å²) in [5.41, 5.74) is 1.92. The zero-order chi connectivity index (χ0) is 13.3. The van der Waals surface area contributed by atoms with Gasteiger partial charge in [0.05, 0.1) is 7.11 Å². The molecular weight excluding hydrogens is 244 g/mol. The Balaban J connectivity index is 5.03. The Labute approximate surface area is 102 Å². The molecule has 1 N–H and O–H groups in total. The number of hydrogen-bond donors (Lipinski definition) is 1. The number of aliphatic hydroxyl groups is 1. The van der Waals surface area contributed by atoms with Crippen LogP contribution in [0.2, 0.25) is 0 Å². The minimum absolute atomic E-state index is 0.00413. The van der Waals surface area contributed by atoms with Crippen LogP contribution in [-0.4, -0.2) is 54.9 Å². The molecule has 0 saturated carbocycles. The molecule has 6 nitrogen and oxygen atoms in total. The first-order chi connectivity index (χ1) is 8.09. The van der Waals surface area contributed by atoms with Crippen LogP contribution in [-0.2, 0) is 22.8 Å². The van der Waals surface area contributed by atoms with E-state index in [9.17, 15) is 4.79 Å². The van der Waals surface area contributed by atoms with E-state index in [0.717, 1.165) is 0 Å². The van der Waals surface area contributed by atoms with Crippen LogP contribution in [0.3, 0.4) is 0 Å². The quantitative estimate of drug-likeness (QED) is 0.385. The normalized spacial score (nSPS) is 12.6. The molecule has 0 aliphatic carbocycles. The van der Waals surface area contributed by atoms with Gasteiger partial charge in [0, 0.05) is 33.5 Å². The van der Waals surface area contributed by atoms with Crippen LogP contribution in [0.15, 0.2) is 11.3 Å². The Morgan fingerprint density at radius 3 is 2.06 bits per heavy atom. The van der Waals surface area contributed by atoms with Gasteiger partial charge in [-0.3, -0.25) is 0 Å². The van der Waals surface area contributed by atoms with E-state index in [0.29, 0.717) is 18.4 Å². The lowest BCUT2D eigenvalue weighted by Gasteiger charge is -2.21. The van der Waals surface area contributed by atoms with Crippen molar-refractivity contribution in [1.29, 1.82) is 0 Å². The van der Waals surface area contributed by atoms with E-state index < -0.39 is 14.8 Å². The third kappa shape index (κ3) is 4.96. The number of rotatable bonds is 8. The van der Waals surface area contributed by atoms with E-state index in [1.54, 1.807) is 0 Å². The lowest BCUT2D eigenvalue weighted by atomic mass is 10.2. The maximum Gasteiger partial charge on any atom is 0.529 e. The van der Waals surface area contributed by atoms with Crippen molar-refractivity contribution in [1.82, 2.24) is 0 Å². The number of esters is 1. The van der Waals surface area contributed by atoms with Gasteiger partial charge in [0.15, 0.2) is 0 Å². The van der Waals surface area contributed by atoms with Gasteiger partial charge in [-0.05, 0) is 18.5 Å². The van der Waals surface area contributed by atoms with E-state index in [1.165, 1.54) is 34.1 Å². The molecule has 100 valence electrons. The van der Waals surface area contributed by atoms with E-state index in [-0.39, 0.29) is 6.61 Å². The van der Waals surface area contributed by atoms with Gasteiger partial charge in [-0.25, -0.2) is 4.79 Å². The number of aliphatic hydroxyl groups excluding tert-OH is 1. The van der Waals surface area contributed by atoms with E-state index in [2.05, 4.69) is 4.74 Å². The minimum atomic E-state index is -2.95. The molecular formula is C10H20O6Si. The van der Waals surface area contributed by atoms with Gasteiger partial charge in [-0.1, -0.05) is 0 Å². The van der Waals surface area contributed by atoms with Crippen LogP contribution in [0, 0.1) is 0 Å². The van der Waals surface area contributed by atoms with Gasteiger partial charge in [0.2, 0.25) is 0 Å². The summed E-state index contributed by atoms with van der Waals surface area (Å²) >= 11 is 0. The molecule has 0 fully saturated rings. The number of carbonyl (C=O) groups is 1. The fraction of sp³-hybridized carbons (Fsp3) is 0.700. The lowest BCUT2D eigenvalue weighted by molar-refractivity contribution is -0.136. The molecule has 0 spiro atoms. The minimum Gasteiger partial charge on any atom is -0.466 e. The van der Waals surface area contributed by atoms with Crippen LogP contribution in [0.1, 0.15) is 12.8 Å². The van der Waals surface area contributed by atoms with Crippen molar-refractivity contribution < 1.29 is 27.9 Å². The molecule has 0 heterocycles. The zero-order valence-corrected chi connectivity index (χ0v) is 11.7. The molecule has 0 aliphatic rings. The van der Waals surface area contributed by atoms with Crippen LogP contribution in [0.25, 0.3) is 0 Å². The van der Waals surface area contributed by atoms with Crippen LogP contribution >= 0.6 is 0 Å². The van der Waals surface area contributed by atoms with Crippen molar-refractivity contribution in [2.24, 2.45) is 0 Å². The van der Waals surface area contributed by atoms with E-state index in [4.69, 9.17) is 18.4 Å². The van der Waals surface area contributed by atoms with Crippen molar-refractivity contribution >= 4 is 14.8 Å². The molecule has 0 radical (unpaired) electrons. The Morgan fingerprint density at radius 2 is 1.71 bits per heavy atom. The predicted octanol–water partition coefficient (Wildman–Crippen LogP) is 0.276. The highest BCUT2D eigenvalue weighted by Crippen LogP contribution is 2.15. The first-order valence-electron chi connectivity index (χ1n) is 5.15. The molecule has 0 unspecified atom stereocenters. The maximum absolute atomic E-state index is 11.5. The van der Waals surface area contributed by atoms with Crippen LogP contribution in [0.5, 0.6) is 0 Å². The van der Waals surface area contributed by atoms with Gasteiger partial charge < -0.3 is 23.1 Å². The summed E-state index contributed by atoms with van der Waals surface area (Å²) < 4.78 is 20.2. The highest BCUT2D eigenvalue weighted by molar-refractivity contribution is 6.66. The summed E-state index contributed by atoms with van der Waals surface area (Å²) in [6, 6.07) is 0. The molecule has 0 saturated heterocycles. The Hall–Kier alpha value is -0.733. The zero-order valence-electron chi connectivity index (χ0n) is 10.7. The van der Waals surface area contributed by atoms with Crippen molar-refractivity contribution in [3.8, 4) is 0 Å². The molecule has 0 atom stereocenters. The SMILES string of the molecule is COC(=O)C(=C[Si](OC)(OC)OC)CCCO. The topological polar surface area (TPSA) is 74.2 Å². The van der Waals surface area contributed by atoms with E-state index >= 15 is 0 Å². The van der Waals surface area contributed by atoms with Gasteiger partial charge in [0.1, 0.15) is 0 Å². The molecule has 0 aromatic carbocycles. The molecule has 0 bridgehead atoms. The fourth-order valence-electron chi connectivity index (χ4n) is 1.27. The molecule has 0 amide bonds. The highest BCUT2D eigenvalue weighted by atomic mass is 28.4. The van der Waals surface area contributed by atoms with Gasteiger partial charge in [-0.2, -0.15) is 0 Å². The molecule has 0 aliphatic heterocycles. The summed E-state index contributed by atoms with van der Waals surface area (Å²) in [6.07, 6.45) is 0.844. The molecule has 7 heteroatoms. The largest absolute Gasteiger partial charge is 0.529 e. The van der Waals surface area contributed by atoms with Crippen LogP contribution < -0.4 is 0 Å². The third-order valence-corrected chi connectivity index (χ3v) is 4.67. The Bertz CT molecular complexity index is 253. The summed E-state index contributed by atoms with van der Waals surface area (Å²) in [6.45, 7) is -0.00413. The highest BCUT2D eigenvalue weighted by Gasteiger charge is 2.36. The monoisotopic (exact) mass is 264 g/mol. The Morgan fingerprint density at radius 1 is 1.18 bits per heavy atom. The van der Waals surface area contributed by atoms with Gasteiger partial charge in [0.25, 0.3) is 0 Å². The van der Waals surface area contributed by atoms with Crippen molar-refractivity contribution in [3.63, 3.8) is 0 Å². The average Bonchev–Trinajstić information content (AvgIpc) is 2.39. The summed E-state index contributed by atoms with van der Waals surface area (Å²) in [5.74, 6) is -0.471. The second-order valence-electron chi connectivity index (χ2n) is 3.20. The number of hydrogen-bond acceptors (Lipinski definition) is 6. The number of methoxy groups -OCH3 is 1. The molecule has 0 aromatic rings. The Kier molecular flexibility index (Phi) is 8.01. The second-order valence-corrected chi connectivity index (χ2v) is 5.92. The average molecular weight is 264 g/mol. The number of carbonyl (C=O) groups excluding carboxylic acids is 1. The molecule has 17 heavy (non-hydrogen) atoms. The van der Waals surface area contributed by atoms with E-state index in [1.807, 2.05) is 0 Å². The first-order valence-corrected chi connectivity index (χ1v) is 6.95. The van der Waals surface area contributed by atoms with Gasteiger partial charge >= 0.3 is 14.8 Å². The van der Waals surface area contributed by atoms with Crippen molar-refractivity contribution in [2.75, 3.05) is 35.0 Å². The summed E-state index contributed by atoms with van der Waals surface area (Å²) in [5, 5.41) is 8.78. The van der Waals surface area contributed by atoms with Crippen LogP contribution in [0.4, 0.5) is 0 Å². The summed E-state index contributed by atoms with van der Waals surface area (Å²) in [4.78, 5) is 11.5. The van der Waals surface area contributed by atoms with Crippen molar-refractivity contribution in [2.45, 2.75) is 12.8 Å². The predicted molar refractivity (Wildman–Crippen MR) is 63.2 cm³/mol. The lowest BCUT2D eigenvalue weighted by Crippen LogP contribution is -2.42. The maximum atomic E-state index is 11.5. The fourth-order valence-corrected chi connectivity index (χ4v) is 2.82. The van der Waals surface area contributed by atoms with Crippen molar-refractivity contribution in [3.05, 3.63) is 11.3 Å². The molecule has 0 rings (SSSR count). The molecule has 0 aromatic heterocycles. The smallest absolute Gasteiger partial charge is 0.466 e. The number of ether oxygens (including phenoxy) is 1. The first kappa shape index (κ1) is 16.3. The third-order valence-electron chi connectivity index (χ3n) is 2.26. The summed E-state index contributed by atoms with van der Waals surface area (Å²) in [7, 11) is 2.71. The second kappa shape index (κ2) is 8.37. The van der Waals surface area contributed by atoms with Gasteiger partial charge in [-0.15, -0.1) is 0 Å². The standard InChI is InChI=1S/C10H20O6Si/c1-13-10(12)9(6-5-7-11)8-17(14-2,15-3)16-4/h8,11H,5-7H2,1-4H3.